The van der Waals surface area contributed by atoms with Gasteiger partial charge < -0.3 is 5.73 Å². The van der Waals surface area contributed by atoms with Crippen LogP contribution in [0.1, 0.15) is 58.3 Å². The monoisotopic (exact) mass is 211 g/mol. The van der Waals surface area contributed by atoms with E-state index in [-0.39, 0.29) is 0 Å². The Hall–Kier alpha value is -0.370. The van der Waals surface area contributed by atoms with Gasteiger partial charge in [-0.05, 0) is 38.1 Å². The Kier molecular flexibility index (Phi) is 5.92. The number of ketones is 1. The highest BCUT2D eigenvalue weighted by atomic mass is 16.1. The number of nitrogens with two attached hydrogens (primary N) is 1. The Morgan fingerprint density at radius 1 is 1.33 bits per heavy atom. The van der Waals surface area contributed by atoms with E-state index in [9.17, 15) is 4.79 Å². The van der Waals surface area contributed by atoms with Gasteiger partial charge in [0, 0.05) is 12.3 Å². The molecule has 1 aliphatic carbocycles. The van der Waals surface area contributed by atoms with E-state index in [2.05, 4.69) is 6.92 Å². The lowest BCUT2D eigenvalue weighted by Gasteiger charge is -2.24. The van der Waals surface area contributed by atoms with E-state index in [1.807, 2.05) is 0 Å². The first-order valence-electron chi connectivity index (χ1n) is 6.50. The minimum atomic E-state index is 0.421. The fraction of sp³-hybridized carbons (Fsp3) is 0.923. The minimum absolute atomic E-state index is 0.421. The highest BCUT2D eigenvalue weighted by molar-refractivity contribution is 5.81. The van der Waals surface area contributed by atoms with E-state index in [0.717, 1.165) is 38.6 Å². The van der Waals surface area contributed by atoms with Gasteiger partial charge >= 0.3 is 0 Å². The number of rotatable bonds is 8. The van der Waals surface area contributed by atoms with Gasteiger partial charge in [0.1, 0.15) is 5.78 Å². The van der Waals surface area contributed by atoms with Crippen LogP contribution in [0.3, 0.4) is 0 Å². The molecule has 1 atom stereocenters. The molecule has 0 saturated heterocycles. The second kappa shape index (κ2) is 7.00. The van der Waals surface area contributed by atoms with Gasteiger partial charge in [-0.25, -0.2) is 0 Å². The number of hydrogen-bond donors (Lipinski definition) is 1. The highest BCUT2D eigenvalue weighted by Crippen LogP contribution is 2.29. The lowest BCUT2D eigenvalue weighted by atomic mass is 9.79. The molecule has 0 aromatic rings. The molecule has 2 nitrogen and oxygen atoms in total. The molecule has 1 aliphatic rings. The van der Waals surface area contributed by atoms with Crippen LogP contribution in [0, 0.1) is 11.8 Å². The van der Waals surface area contributed by atoms with Crippen LogP contribution in [0.25, 0.3) is 0 Å². The zero-order valence-corrected chi connectivity index (χ0v) is 10.0. The average Bonchev–Trinajstić information content (AvgIpc) is 2.12. The number of carbonyl (C=O) groups is 1. The van der Waals surface area contributed by atoms with Crippen LogP contribution >= 0.6 is 0 Å². The molecular weight excluding hydrogens is 186 g/mol. The van der Waals surface area contributed by atoms with Crippen molar-refractivity contribution in [2.75, 3.05) is 6.54 Å². The summed E-state index contributed by atoms with van der Waals surface area (Å²) in [5.74, 6) is 1.62. The van der Waals surface area contributed by atoms with E-state index < -0.39 is 0 Å². The van der Waals surface area contributed by atoms with Gasteiger partial charge in [-0.15, -0.1) is 0 Å². The third-order valence-corrected chi connectivity index (χ3v) is 3.63. The van der Waals surface area contributed by atoms with Crippen molar-refractivity contribution in [3.63, 3.8) is 0 Å². The summed E-state index contributed by atoms with van der Waals surface area (Å²) in [7, 11) is 0. The topological polar surface area (TPSA) is 43.1 Å². The maximum atomic E-state index is 11.7. The summed E-state index contributed by atoms with van der Waals surface area (Å²) in [5.41, 5.74) is 5.58. The molecule has 1 rings (SSSR count). The summed E-state index contributed by atoms with van der Waals surface area (Å²) >= 11 is 0. The largest absolute Gasteiger partial charge is 0.330 e. The Morgan fingerprint density at radius 3 is 2.53 bits per heavy atom. The summed E-state index contributed by atoms with van der Waals surface area (Å²) in [6.45, 7) is 2.97. The molecule has 1 fully saturated rings. The van der Waals surface area contributed by atoms with Gasteiger partial charge in [-0.3, -0.25) is 4.79 Å². The Bertz CT molecular complexity index is 181. The van der Waals surface area contributed by atoms with E-state index in [1.165, 1.54) is 19.3 Å². The fourth-order valence-corrected chi connectivity index (χ4v) is 2.36. The van der Waals surface area contributed by atoms with Crippen molar-refractivity contribution >= 4 is 5.78 Å². The van der Waals surface area contributed by atoms with Crippen LogP contribution in [0.2, 0.25) is 0 Å². The first-order valence-corrected chi connectivity index (χ1v) is 6.50. The van der Waals surface area contributed by atoms with E-state index in [0.29, 0.717) is 17.6 Å². The van der Waals surface area contributed by atoms with Gasteiger partial charge in [0.2, 0.25) is 0 Å². The molecule has 0 aliphatic heterocycles. The molecule has 0 radical (unpaired) electrons. The lowest BCUT2D eigenvalue weighted by molar-refractivity contribution is -0.125. The number of Topliss-reactive ketones (excluding diaryl/α,β-unsaturated/α-hetero) is 1. The molecule has 88 valence electrons. The quantitative estimate of drug-likeness (QED) is 0.671. The van der Waals surface area contributed by atoms with Crippen LogP contribution in [-0.4, -0.2) is 12.3 Å². The summed E-state index contributed by atoms with van der Waals surface area (Å²) in [4.78, 5) is 11.7. The molecule has 0 aromatic heterocycles. The summed E-state index contributed by atoms with van der Waals surface area (Å²) in [6, 6.07) is 0. The lowest BCUT2D eigenvalue weighted by Crippen LogP contribution is -2.22. The molecule has 2 N–H and O–H groups in total. The van der Waals surface area contributed by atoms with Gasteiger partial charge in [0.15, 0.2) is 0 Å². The summed E-state index contributed by atoms with van der Waals surface area (Å²) in [6.07, 6.45) is 8.96. The van der Waals surface area contributed by atoms with Crippen molar-refractivity contribution in [2.24, 2.45) is 17.6 Å². The van der Waals surface area contributed by atoms with Crippen LogP contribution < -0.4 is 5.73 Å². The SMILES string of the molecule is CCCC(CCN)CCC(=O)C1CCC1. The molecule has 0 spiro atoms. The summed E-state index contributed by atoms with van der Waals surface area (Å²) < 4.78 is 0. The van der Waals surface area contributed by atoms with Crippen molar-refractivity contribution in [3.05, 3.63) is 0 Å². The Morgan fingerprint density at radius 2 is 2.07 bits per heavy atom. The maximum Gasteiger partial charge on any atom is 0.135 e. The molecule has 0 aromatic carbocycles. The third-order valence-electron chi connectivity index (χ3n) is 3.63. The van der Waals surface area contributed by atoms with Crippen LogP contribution in [0.5, 0.6) is 0 Å². The van der Waals surface area contributed by atoms with Crippen molar-refractivity contribution in [1.29, 1.82) is 0 Å². The first kappa shape index (κ1) is 12.7. The highest BCUT2D eigenvalue weighted by Gasteiger charge is 2.25. The zero-order valence-electron chi connectivity index (χ0n) is 10.0. The van der Waals surface area contributed by atoms with Crippen molar-refractivity contribution in [2.45, 2.75) is 58.3 Å². The number of carbonyl (C=O) groups excluding carboxylic acids is 1. The molecule has 15 heavy (non-hydrogen) atoms. The normalized spacial score (nSPS) is 18.5. The third kappa shape index (κ3) is 4.33. The standard InChI is InChI=1S/C13H25NO/c1-2-4-11(9-10-14)7-8-13(15)12-5-3-6-12/h11-12H,2-10,14H2,1H3. The van der Waals surface area contributed by atoms with Gasteiger partial charge in [-0.2, -0.15) is 0 Å². The van der Waals surface area contributed by atoms with E-state index in [1.54, 1.807) is 0 Å². The second-order valence-corrected chi connectivity index (χ2v) is 4.86. The molecule has 0 amide bonds. The molecule has 1 saturated carbocycles. The average molecular weight is 211 g/mol. The van der Waals surface area contributed by atoms with Gasteiger partial charge in [0.25, 0.3) is 0 Å². The van der Waals surface area contributed by atoms with Crippen molar-refractivity contribution < 1.29 is 4.79 Å². The summed E-state index contributed by atoms with van der Waals surface area (Å²) in [5, 5.41) is 0. The Balaban J connectivity index is 2.16. The van der Waals surface area contributed by atoms with Crippen molar-refractivity contribution in [1.82, 2.24) is 0 Å². The second-order valence-electron chi connectivity index (χ2n) is 4.86. The smallest absolute Gasteiger partial charge is 0.135 e. The maximum absolute atomic E-state index is 11.7. The van der Waals surface area contributed by atoms with Gasteiger partial charge in [0.05, 0.1) is 0 Å². The first-order chi connectivity index (χ1) is 7.27. The van der Waals surface area contributed by atoms with E-state index >= 15 is 0 Å². The van der Waals surface area contributed by atoms with Crippen LogP contribution in [0.15, 0.2) is 0 Å². The molecule has 0 bridgehead atoms. The zero-order chi connectivity index (χ0) is 11.1. The van der Waals surface area contributed by atoms with Crippen LogP contribution in [0.4, 0.5) is 0 Å². The Labute approximate surface area is 93.6 Å². The predicted molar refractivity (Wildman–Crippen MR) is 63.7 cm³/mol. The van der Waals surface area contributed by atoms with Crippen LogP contribution in [-0.2, 0) is 4.79 Å². The fourth-order valence-electron chi connectivity index (χ4n) is 2.36. The molecule has 2 heteroatoms. The molecule has 0 heterocycles. The van der Waals surface area contributed by atoms with Crippen molar-refractivity contribution in [3.8, 4) is 0 Å². The molecular formula is C13H25NO. The minimum Gasteiger partial charge on any atom is -0.330 e. The van der Waals surface area contributed by atoms with E-state index in [4.69, 9.17) is 5.73 Å². The molecule has 1 unspecified atom stereocenters. The number of hydrogen-bond acceptors (Lipinski definition) is 2. The predicted octanol–water partition coefficient (Wildman–Crippen LogP) is 2.90. The van der Waals surface area contributed by atoms with Gasteiger partial charge in [-0.1, -0.05) is 26.2 Å².